The molecular formula is C19H26N4O3. The molecule has 0 N–H and O–H groups in total. The molecule has 1 saturated heterocycles. The molecule has 0 spiro atoms. The molecule has 0 aromatic carbocycles. The molecule has 0 bridgehead atoms. The van der Waals surface area contributed by atoms with E-state index >= 15 is 0 Å². The molecule has 2 aliphatic rings. The van der Waals surface area contributed by atoms with Gasteiger partial charge in [0.15, 0.2) is 5.65 Å². The van der Waals surface area contributed by atoms with Crippen LogP contribution in [0.5, 0.6) is 5.75 Å². The van der Waals surface area contributed by atoms with Crippen LogP contribution in [0.1, 0.15) is 57.9 Å². The average molecular weight is 358 g/mol. The van der Waals surface area contributed by atoms with Crippen LogP contribution in [-0.2, 0) is 4.74 Å². The zero-order valence-corrected chi connectivity index (χ0v) is 15.6. The van der Waals surface area contributed by atoms with Gasteiger partial charge in [-0.1, -0.05) is 0 Å². The summed E-state index contributed by atoms with van der Waals surface area (Å²) in [6.07, 6.45) is 7.74. The summed E-state index contributed by atoms with van der Waals surface area (Å²) in [5.41, 5.74) is 1.51. The topological polar surface area (TPSA) is 69.0 Å². The first-order valence-electron chi connectivity index (χ1n) is 9.37. The smallest absolute Gasteiger partial charge is 0.410 e. The van der Waals surface area contributed by atoms with Gasteiger partial charge in [-0.3, -0.25) is 4.40 Å². The van der Waals surface area contributed by atoms with Crippen LogP contribution in [0, 0.1) is 0 Å². The first-order valence-corrected chi connectivity index (χ1v) is 9.37. The molecule has 1 aliphatic carbocycles. The van der Waals surface area contributed by atoms with E-state index < -0.39 is 5.60 Å². The number of carbonyl (C=O) groups is 1. The Bertz CT molecular complexity index is 807. The van der Waals surface area contributed by atoms with Crippen molar-refractivity contribution in [1.82, 2.24) is 19.5 Å². The number of amides is 1. The van der Waals surface area contributed by atoms with Gasteiger partial charge < -0.3 is 14.4 Å². The molecule has 1 amide bonds. The normalized spacial score (nSPS) is 21.0. The highest BCUT2D eigenvalue weighted by Gasteiger charge is 2.31. The largest absolute Gasteiger partial charge is 0.488 e. The first kappa shape index (κ1) is 17.1. The summed E-state index contributed by atoms with van der Waals surface area (Å²) in [5, 5.41) is 8.09. The van der Waals surface area contributed by atoms with Crippen molar-refractivity contribution >= 4 is 11.7 Å². The highest BCUT2D eigenvalue weighted by atomic mass is 16.6. The zero-order chi connectivity index (χ0) is 18.3. The fourth-order valence-electron chi connectivity index (χ4n) is 3.38. The van der Waals surface area contributed by atoms with E-state index in [1.54, 1.807) is 11.2 Å². The SMILES string of the molecule is CC(C)(C)OC(=O)N1CCCC(Oc2cc3nncn3cc2C2CC2)C1. The summed E-state index contributed by atoms with van der Waals surface area (Å²) in [6.45, 7) is 6.93. The highest BCUT2D eigenvalue weighted by Crippen LogP contribution is 2.44. The van der Waals surface area contributed by atoms with Crippen LogP contribution in [0.25, 0.3) is 5.65 Å². The van der Waals surface area contributed by atoms with Crippen LogP contribution in [-0.4, -0.2) is 50.4 Å². The number of likely N-dealkylation sites (tertiary alicyclic amines) is 1. The molecule has 0 radical (unpaired) electrons. The standard InChI is InChI=1S/C19H26N4O3/c1-19(2,3)26-18(24)22-8-4-5-14(10-22)25-16-9-17-21-20-12-23(17)11-15(16)13-6-7-13/h9,11-14H,4-8,10H2,1-3H3. The maximum absolute atomic E-state index is 12.4. The Morgan fingerprint density at radius 2 is 2.08 bits per heavy atom. The third-order valence-corrected chi connectivity index (χ3v) is 4.76. The van der Waals surface area contributed by atoms with E-state index in [4.69, 9.17) is 9.47 Å². The van der Waals surface area contributed by atoms with Crippen molar-refractivity contribution < 1.29 is 14.3 Å². The average Bonchev–Trinajstić information content (AvgIpc) is 3.31. The van der Waals surface area contributed by atoms with Gasteiger partial charge in [-0.15, -0.1) is 10.2 Å². The van der Waals surface area contributed by atoms with E-state index in [0.717, 1.165) is 24.2 Å². The second-order valence-corrected chi connectivity index (χ2v) is 8.27. The molecule has 2 aromatic rings. The summed E-state index contributed by atoms with van der Waals surface area (Å²) >= 11 is 0. The maximum atomic E-state index is 12.4. The van der Waals surface area contributed by atoms with Gasteiger partial charge in [0, 0.05) is 24.4 Å². The summed E-state index contributed by atoms with van der Waals surface area (Å²) < 4.78 is 13.8. The minimum Gasteiger partial charge on any atom is -0.488 e. The van der Waals surface area contributed by atoms with Crippen LogP contribution in [0.15, 0.2) is 18.6 Å². The van der Waals surface area contributed by atoms with Gasteiger partial charge in [-0.2, -0.15) is 0 Å². The van der Waals surface area contributed by atoms with Crippen LogP contribution < -0.4 is 4.74 Å². The quantitative estimate of drug-likeness (QED) is 0.841. The van der Waals surface area contributed by atoms with Crippen LogP contribution in [0.3, 0.4) is 0 Å². The van der Waals surface area contributed by atoms with Crippen molar-refractivity contribution in [1.29, 1.82) is 0 Å². The molecule has 26 heavy (non-hydrogen) atoms. The molecule has 2 aromatic heterocycles. The van der Waals surface area contributed by atoms with E-state index in [2.05, 4.69) is 16.4 Å². The second-order valence-electron chi connectivity index (χ2n) is 8.27. The lowest BCUT2D eigenvalue weighted by molar-refractivity contribution is 0.00766. The van der Waals surface area contributed by atoms with E-state index in [0.29, 0.717) is 19.0 Å². The van der Waals surface area contributed by atoms with Crippen LogP contribution in [0.2, 0.25) is 0 Å². The number of rotatable bonds is 3. The van der Waals surface area contributed by atoms with Crippen molar-refractivity contribution in [3.63, 3.8) is 0 Å². The molecule has 2 fully saturated rings. The van der Waals surface area contributed by atoms with Gasteiger partial charge in [0.05, 0.1) is 6.54 Å². The summed E-state index contributed by atoms with van der Waals surface area (Å²) in [5.74, 6) is 1.44. The Morgan fingerprint density at radius 1 is 1.27 bits per heavy atom. The van der Waals surface area contributed by atoms with Gasteiger partial charge in [0.1, 0.15) is 23.8 Å². The minimum absolute atomic E-state index is 0.0286. The lowest BCUT2D eigenvalue weighted by Crippen LogP contribution is -2.46. The summed E-state index contributed by atoms with van der Waals surface area (Å²) in [6, 6.07) is 1.97. The molecule has 1 unspecified atom stereocenters. The first-order chi connectivity index (χ1) is 12.4. The number of hydrogen-bond donors (Lipinski definition) is 0. The number of pyridine rings is 1. The number of hydrogen-bond acceptors (Lipinski definition) is 5. The lowest BCUT2D eigenvalue weighted by atomic mass is 10.1. The third-order valence-electron chi connectivity index (χ3n) is 4.76. The fourth-order valence-corrected chi connectivity index (χ4v) is 3.38. The Balaban J connectivity index is 1.49. The van der Waals surface area contributed by atoms with Gasteiger partial charge in [0.2, 0.25) is 0 Å². The number of fused-ring (bicyclic) bond motifs is 1. The number of piperidine rings is 1. The molecule has 1 aliphatic heterocycles. The van der Waals surface area contributed by atoms with E-state index in [-0.39, 0.29) is 12.2 Å². The molecule has 7 nitrogen and oxygen atoms in total. The Kier molecular flexibility index (Phi) is 4.25. The van der Waals surface area contributed by atoms with Crippen LogP contribution >= 0.6 is 0 Å². The molecule has 140 valence electrons. The number of carbonyl (C=O) groups excluding carboxylic acids is 1. The van der Waals surface area contributed by atoms with Gasteiger partial charge in [0.25, 0.3) is 0 Å². The monoisotopic (exact) mass is 358 g/mol. The van der Waals surface area contributed by atoms with Gasteiger partial charge >= 0.3 is 6.09 Å². The Morgan fingerprint density at radius 3 is 2.81 bits per heavy atom. The number of aromatic nitrogens is 3. The van der Waals surface area contributed by atoms with Crippen molar-refractivity contribution in [3.05, 3.63) is 24.2 Å². The summed E-state index contributed by atoms with van der Waals surface area (Å²) in [4.78, 5) is 14.1. The third kappa shape index (κ3) is 3.76. The van der Waals surface area contributed by atoms with E-state index in [1.807, 2.05) is 31.2 Å². The lowest BCUT2D eigenvalue weighted by Gasteiger charge is -2.34. The zero-order valence-electron chi connectivity index (χ0n) is 15.6. The number of nitrogens with zero attached hydrogens (tertiary/aromatic N) is 4. The molecule has 1 saturated carbocycles. The predicted molar refractivity (Wildman–Crippen MR) is 96.4 cm³/mol. The Hall–Kier alpha value is -2.31. The van der Waals surface area contributed by atoms with Crippen LogP contribution in [0.4, 0.5) is 4.79 Å². The molecule has 7 heteroatoms. The Labute approximate surface area is 153 Å². The van der Waals surface area contributed by atoms with E-state index in [9.17, 15) is 4.79 Å². The van der Waals surface area contributed by atoms with Crippen molar-refractivity contribution in [2.45, 2.75) is 64.1 Å². The molecule has 3 heterocycles. The summed E-state index contributed by atoms with van der Waals surface area (Å²) in [7, 11) is 0. The highest BCUT2D eigenvalue weighted by molar-refractivity contribution is 5.68. The van der Waals surface area contributed by atoms with E-state index in [1.165, 1.54) is 18.4 Å². The second kappa shape index (κ2) is 6.45. The maximum Gasteiger partial charge on any atom is 0.410 e. The molecule has 1 atom stereocenters. The minimum atomic E-state index is -0.483. The van der Waals surface area contributed by atoms with Gasteiger partial charge in [-0.05, 0) is 52.4 Å². The van der Waals surface area contributed by atoms with Crippen molar-refractivity contribution in [2.24, 2.45) is 0 Å². The fraction of sp³-hybridized carbons (Fsp3) is 0.632. The number of ether oxygens (including phenoxy) is 2. The molecular weight excluding hydrogens is 332 g/mol. The van der Waals surface area contributed by atoms with Gasteiger partial charge in [-0.25, -0.2) is 4.79 Å². The molecule has 4 rings (SSSR count). The van der Waals surface area contributed by atoms with Crippen molar-refractivity contribution in [2.75, 3.05) is 13.1 Å². The van der Waals surface area contributed by atoms with Crippen molar-refractivity contribution in [3.8, 4) is 5.75 Å². The predicted octanol–water partition coefficient (Wildman–Crippen LogP) is 3.39.